The highest BCUT2D eigenvalue weighted by Gasteiger charge is 2.52. The second kappa shape index (κ2) is 8.55. The van der Waals surface area contributed by atoms with Crippen LogP contribution in [0.2, 0.25) is 10.0 Å². The second-order valence-corrected chi connectivity index (χ2v) is 8.79. The van der Waals surface area contributed by atoms with Gasteiger partial charge in [0.1, 0.15) is 0 Å². The van der Waals surface area contributed by atoms with Crippen molar-refractivity contribution in [2.45, 2.75) is 48.7 Å². The summed E-state index contributed by atoms with van der Waals surface area (Å²) in [6.07, 6.45) is 0.121. The molecule has 0 unspecified atom stereocenters. The number of aliphatic hydroxyl groups is 2. The molecule has 0 bridgehead atoms. The molecule has 4 rings (SSSR count). The van der Waals surface area contributed by atoms with Crippen molar-refractivity contribution in [1.29, 1.82) is 0 Å². The highest BCUT2D eigenvalue weighted by molar-refractivity contribution is 6.30. The van der Waals surface area contributed by atoms with E-state index in [0.29, 0.717) is 21.2 Å². The summed E-state index contributed by atoms with van der Waals surface area (Å²) >= 11 is 11.5. The Morgan fingerprint density at radius 3 is 1.13 bits per heavy atom. The van der Waals surface area contributed by atoms with E-state index in [2.05, 4.69) is 0 Å². The van der Waals surface area contributed by atoms with Gasteiger partial charge in [-0.1, -0.05) is 47.5 Å². The molecule has 0 saturated heterocycles. The Labute approximate surface area is 183 Å². The van der Waals surface area contributed by atoms with E-state index in [1.54, 1.807) is 48.5 Å². The number of benzene rings is 2. The lowest BCUT2D eigenvalue weighted by molar-refractivity contribution is -0.153. The van der Waals surface area contributed by atoms with Crippen molar-refractivity contribution in [3.8, 4) is 0 Å². The first-order valence-electron chi connectivity index (χ1n) is 9.44. The lowest BCUT2D eigenvalue weighted by atomic mass is 9.63. The number of rotatable bonds is 4. The zero-order valence-corrected chi connectivity index (χ0v) is 17.5. The van der Waals surface area contributed by atoms with Crippen LogP contribution in [0.15, 0.2) is 48.5 Å². The average Bonchev–Trinajstić information content (AvgIpc) is 2.64. The number of hydrogen-bond donors (Lipinski definition) is 4. The number of hydrogen-bond acceptors (Lipinski definition) is 4. The van der Waals surface area contributed by atoms with E-state index in [0.717, 1.165) is 0 Å². The fourth-order valence-electron chi connectivity index (χ4n) is 4.09. The minimum atomic E-state index is -0.913. The van der Waals surface area contributed by atoms with Gasteiger partial charge in [-0.3, -0.25) is 9.59 Å². The predicted molar refractivity (Wildman–Crippen MR) is 112 cm³/mol. The van der Waals surface area contributed by atoms with Crippen LogP contribution in [0, 0.1) is 0 Å². The fraction of sp³-hybridized carbons (Fsp3) is 0.364. The van der Waals surface area contributed by atoms with E-state index in [9.17, 15) is 30.0 Å². The van der Waals surface area contributed by atoms with Gasteiger partial charge in [0.25, 0.3) is 0 Å². The Balaban J connectivity index is 0.000000171. The van der Waals surface area contributed by atoms with Crippen molar-refractivity contribution in [2.75, 3.05) is 0 Å². The Bertz CT molecular complexity index is 836. The Kier molecular flexibility index (Phi) is 6.43. The lowest BCUT2D eigenvalue weighted by Gasteiger charge is -2.42. The number of aliphatic hydroxyl groups excluding tert-OH is 2. The van der Waals surface area contributed by atoms with Crippen LogP contribution in [-0.2, 0) is 20.4 Å². The Hall–Kier alpha value is -2.12. The predicted octanol–water partition coefficient (Wildman–Crippen LogP) is 3.63. The Morgan fingerprint density at radius 1 is 0.667 bits per heavy atom. The van der Waals surface area contributed by atoms with Gasteiger partial charge < -0.3 is 20.4 Å². The molecule has 8 heteroatoms. The SMILES string of the molecule is O=C(O)C1(c2ccc(Cl)cc2)CC(O)C1.O=C(O)C1(c2ccc(Cl)cc2)CC(O)C1. The maximum Gasteiger partial charge on any atom is 0.314 e. The van der Waals surface area contributed by atoms with Crippen molar-refractivity contribution in [3.63, 3.8) is 0 Å². The van der Waals surface area contributed by atoms with Crippen molar-refractivity contribution in [1.82, 2.24) is 0 Å². The van der Waals surface area contributed by atoms with E-state index in [1.807, 2.05) is 0 Å². The molecular formula is C22H22Cl2O6. The summed E-state index contributed by atoms with van der Waals surface area (Å²) in [6, 6.07) is 13.5. The van der Waals surface area contributed by atoms with Gasteiger partial charge in [-0.25, -0.2) is 0 Å². The monoisotopic (exact) mass is 452 g/mol. The standard InChI is InChI=1S/2C11H11ClO3/c2*12-8-3-1-7(2-4-8)11(10(14)15)5-9(13)6-11/h2*1-4,9,13H,5-6H2,(H,14,15). The zero-order chi connectivity index (χ0) is 22.1. The molecule has 0 radical (unpaired) electrons. The van der Waals surface area contributed by atoms with Crippen molar-refractivity contribution in [2.24, 2.45) is 0 Å². The summed E-state index contributed by atoms with van der Waals surface area (Å²) in [6.45, 7) is 0. The van der Waals surface area contributed by atoms with Crippen LogP contribution < -0.4 is 0 Å². The van der Waals surface area contributed by atoms with Gasteiger partial charge in [0, 0.05) is 10.0 Å². The molecule has 2 aromatic rings. The van der Waals surface area contributed by atoms with Crippen LogP contribution >= 0.6 is 23.2 Å². The van der Waals surface area contributed by atoms with E-state index >= 15 is 0 Å². The van der Waals surface area contributed by atoms with Crippen LogP contribution in [0.1, 0.15) is 36.8 Å². The first-order chi connectivity index (χ1) is 14.1. The molecule has 0 heterocycles. The van der Waals surface area contributed by atoms with Crippen molar-refractivity contribution in [3.05, 3.63) is 69.7 Å². The second-order valence-electron chi connectivity index (χ2n) is 7.91. The van der Waals surface area contributed by atoms with Gasteiger partial charge in [0.05, 0.1) is 23.0 Å². The van der Waals surface area contributed by atoms with Gasteiger partial charge >= 0.3 is 11.9 Å². The van der Waals surface area contributed by atoms with Gasteiger partial charge in [0.2, 0.25) is 0 Å². The molecule has 160 valence electrons. The molecule has 2 aliphatic carbocycles. The maximum absolute atomic E-state index is 11.2. The molecule has 2 fully saturated rings. The van der Waals surface area contributed by atoms with Crippen LogP contribution in [-0.4, -0.2) is 44.6 Å². The molecule has 4 N–H and O–H groups in total. The molecule has 6 nitrogen and oxygen atoms in total. The van der Waals surface area contributed by atoms with Crippen LogP contribution in [0.5, 0.6) is 0 Å². The topological polar surface area (TPSA) is 115 Å². The molecule has 2 aromatic carbocycles. The maximum atomic E-state index is 11.2. The highest BCUT2D eigenvalue weighted by Crippen LogP contribution is 2.45. The molecular weight excluding hydrogens is 431 g/mol. The quantitative estimate of drug-likeness (QED) is 0.562. The molecule has 2 aliphatic rings. The third-order valence-corrected chi connectivity index (χ3v) is 6.45. The zero-order valence-electron chi connectivity index (χ0n) is 16.0. The summed E-state index contributed by atoms with van der Waals surface area (Å²) in [5.41, 5.74) is -0.400. The van der Waals surface area contributed by atoms with Gasteiger partial charge in [-0.15, -0.1) is 0 Å². The number of aliphatic carboxylic acids is 2. The van der Waals surface area contributed by atoms with E-state index in [4.69, 9.17) is 23.2 Å². The molecule has 0 aliphatic heterocycles. The smallest absolute Gasteiger partial charge is 0.314 e. The molecule has 0 atom stereocenters. The summed E-state index contributed by atoms with van der Waals surface area (Å²) < 4.78 is 0. The summed E-state index contributed by atoms with van der Waals surface area (Å²) in [5.74, 6) is -1.76. The molecule has 0 aromatic heterocycles. The first-order valence-corrected chi connectivity index (χ1v) is 10.2. The van der Waals surface area contributed by atoms with E-state index in [1.165, 1.54) is 0 Å². The minimum Gasteiger partial charge on any atom is -0.481 e. The van der Waals surface area contributed by atoms with Gasteiger partial charge in [-0.05, 0) is 61.1 Å². The molecule has 30 heavy (non-hydrogen) atoms. The highest BCUT2D eigenvalue weighted by atomic mass is 35.5. The van der Waals surface area contributed by atoms with Gasteiger partial charge in [0.15, 0.2) is 0 Å². The lowest BCUT2D eigenvalue weighted by Crippen LogP contribution is -2.50. The first kappa shape index (κ1) is 22.6. The molecule has 0 spiro atoms. The number of halogens is 2. The summed E-state index contributed by atoms with van der Waals surface area (Å²) in [7, 11) is 0. The fourth-order valence-corrected chi connectivity index (χ4v) is 4.35. The van der Waals surface area contributed by atoms with Gasteiger partial charge in [-0.2, -0.15) is 0 Å². The third-order valence-electron chi connectivity index (χ3n) is 5.95. The number of carboxylic acids is 2. The van der Waals surface area contributed by atoms with Crippen LogP contribution in [0.3, 0.4) is 0 Å². The largest absolute Gasteiger partial charge is 0.481 e. The molecule has 2 saturated carbocycles. The van der Waals surface area contributed by atoms with Crippen molar-refractivity contribution >= 4 is 35.1 Å². The third kappa shape index (κ3) is 4.18. The number of carboxylic acid groups (broad SMARTS) is 2. The molecule has 0 amide bonds. The van der Waals surface area contributed by atoms with Crippen molar-refractivity contribution < 1.29 is 30.0 Å². The number of carbonyl (C=O) groups is 2. The van der Waals surface area contributed by atoms with E-state index in [-0.39, 0.29) is 25.7 Å². The Morgan fingerprint density at radius 2 is 0.933 bits per heavy atom. The van der Waals surface area contributed by atoms with E-state index < -0.39 is 35.0 Å². The summed E-state index contributed by atoms with van der Waals surface area (Å²) in [4.78, 5) is 22.4. The van der Waals surface area contributed by atoms with Crippen LogP contribution in [0.4, 0.5) is 0 Å². The summed E-state index contributed by atoms with van der Waals surface area (Å²) in [5, 5.41) is 38.0. The normalized spacial score (nSPS) is 29.6. The van der Waals surface area contributed by atoms with Crippen LogP contribution in [0.25, 0.3) is 0 Å². The average molecular weight is 453 g/mol. The minimum absolute atomic E-state index is 0.282.